The normalized spacial score (nSPS) is 18.9. The van der Waals surface area contributed by atoms with Crippen molar-refractivity contribution in [3.63, 3.8) is 0 Å². The van der Waals surface area contributed by atoms with Gasteiger partial charge in [-0.25, -0.2) is 14.8 Å². The van der Waals surface area contributed by atoms with Gasteiger partial charge < -0.3 is 10.1 Å². The Bertz CT molecular complexity index is 563. The van der Waals surface area contributed by atoms with Gasteiger partial charge in [0, 0.05) is 31.4 Å². The molecule has 1 aliphatic rings. The molecule has 8 heteroatoms. The summed E-state index contributed by atoms with van der Waals surface area (Å²) in [6.45, 7) is 8.66. The lowest BCUT2D eigenvalue weighted by molar-refractivity contribution is 0.0519. The average molecular weight is 361 g/mol. The van der Waals surface area contributed by atoms with Crippen LogP contribution in [0.4, 0.5) is 4.79 Å². The van der Waals surface area contributed by atoms with E-state index in [0.717, 1.165) is 25.1 Å². The van der Waals surface area contributed by atoms with Crippen LogP contribution in [-0.2, 0) is 11.3 Å². The molecule has 2 rings (SSSR count). The van der Waals surface area contributed by atoms with Crippen molar-refractivity contribution in [2.45, 2.75) is 39.3 Å². The number of halogens is 2. The highest BCUT2D eigenvalue weighted by Gasteiger charge is 2.24. The van der Waals surface area contributed by atoms with E-state index in [9.17, 15) is 4.79 Å². The first kappa shape index (κ1) is 18.2. The lowest BCUT2D eigenvalue weighted by atomic mass is 10.1. The second kappa shape index (κ2) is 7.64. The topological polar surface area (TPSA) is 67.3 Å². The molecule has 2 heterocycles. The quantitative estimate of drug-likeness (QED) is 0.659. The zero-order valence-electron chi connectivity index (χ0n) is 13.6. The highest BCUT2D eigenvalue weighted by atomic mass is 35.5. The standard InChI is InChI=1S/C15H22Cl2N4O2/c1-15(2,3)23-14(22)19-6-10-4-5-21(8-10)9-11-7-18-13(17)20-12(11)16/h7,10H,4-6,8-9H2,1-3H3,(H,19,22)/t10-/m1/s1. The Morgan fingerprint density at radius 2 is 2.22 bits per heavy atom. The third-order valence-corrected chi connectivity index (χ3v) is 3.99. The van der Waals surface area contributed by atoms with Crippen LogP contribution in [0.25, 0.3) is 0 Å². The number of nitrogens with zero attached hydrogens (tertiary/aromatic N) is 3. The Kier molecular flexibility index (Phi) is 6.06. The molecule has 1 saturated heterocycles. The van der Waals surface area contributed by atoms with Crippen molar-refractivity contribution in [1.29, 1.82) is 0 Å². The number of aromatic nitrogens is 2. The number of ether oxygens (including phenoxy) is 1. The predicted molar refractivity (Wildman–Crippen MR) is 89.7 cm³/mol. The van der Waals surface area contributed by atoms with Gasteiger partial charge in [-0.2, -0.15) is 0 Å². The highest BCUT2D eigenvalue weighted by molar-refractivity contribution is 6.32. The SMILES string of the molecule is CC(C)(C)OC(=O)NC[C@H]1CCN(Cc2cnc(Cl)nc2Cl)C1. The van der Waals surface area contributed by atoms with Gasteiger partial charge in [0.25, 0.3) is 0 Å². The van der Waals surface area contributed by atoms with Crippen LogP contribution in [0.1, 0.15) is 32.8 Å². The molecule has 0 unspecified atom stereocenters. The number of carbonyl (C=O) groups excluding carboxylic acids is 1. The Morgan fingerprint density at radius 1 is 1.48 bits per heavy atom. The number of likely N-dealkylation sites (tertiary alicyclic amines) is 1. The van der Waals surface area contributed by atoms with Crippen LogP contribution in [-0.4, -0.2) is 46.2 Å². The fraction of sp³-hybridized carbons (Fsp3) is 0.667. The third-order valence-electron chi connectivity index (χ3n) is 3.48. The Balaban J connectivity index is 1.77. The molecule has 1 aromatic rings. The van der Waals surface area contributed by atoms with E-state index >= 15 is 0 Å². The molecule has 23 heavy (non-hydrogen) atoms. The first-order chi connectivity index (χ1) is 10.7. The zero-order valence-corrected chi connectivity index (χ0v) is 15.1. The lowest BCUT2D eigenvalue weighted by Crippen LogP contribution is -2.36. The number of hydrogen-bond acceptors (Lipinski definition) is 5. The van der Waals surface area contributed by atoms with Gasteiger partial charge in [0.1, 0.15) is 10.8 Å². The summed E-state index contributed by atoms with van der Waals surface area (Å²) in [6.07, 6.45) is 2.30. The number of carbonyl (C=O) groups is 1. The van der Waals surface area contributed by atoms with Crippen molar-refractivity contribution in [2.75, 3.05) is 19.6 Å². The molecular formula is C15H22Cl2N4O2. The molecule has 0 bridgehead atoms. The van der Waals surface area contributed by atoms with Crippen molar-refractivity contribution in [3.8, 4) is 0 Å². The van der Waals surface area contributed by atoms with Crippen molar-refractivity contribution in [2.24, 2.45) is 5.92 Å². The minimum Gasteiger partial charge on any atom is -0.444 e. The molecule has 0 aromatic carbocycles. The van der Waals surface area contributed by atoms with Crippen molar-refractivity contribution < 1.29 is 9.53 Å². The van der Waals surface area contributed by atoms with Gasteiger partial charge in [-0.05, 0) is 51.3 Å². The maximum Gasteiger partial charge on any atom is 0.407 e. The van der Waals surface area contributed by atoms with Crippen LogP contribution < -0.4 is 5.32 Å². The summed E-state index contributed by atoms with van der Waals surface area (Å²) in [5.41, 5.74) is 0.383. The molecule has 1 aliphatic heterocycles. The second-order valence-electron chi connectivity index (χ2n) is 6.73. The monoisotopic (exact) mass is 360 g/mol. The molecule has 128 valence electrons. The van der Waals surface area contributed by atoms with Crippen LogP contribution in [0, 0.1) is 5.92 Å². The number of rotatable bonds is 4. The van der Waals surface area contributed by atoms with Crippen molar-refractivity contribution in [1.82, 2.24) is 20.2 Å². The van der Waals surface area contributed by atoms with E-state index in [4.69, 9.17) is 27.9 Å². The van der Waals surface area contributed by atoms with Gasteiger partial charge in [0.05, 0.1) is 0 Å². The van der Waals surface area contributed by atoms with Crippen LogP contribution >= 0.6 is 23.2 Å². The van der Waals surface area contributed by atoms with E-state index in [-0.39, 0.29) is 11.4 Å². The summed E-state index contributed by atoms with van der Waals surface area (Å²) in [7, 11) is 0. The summed E-state index contributed by atoms with van der Waals surface area (Å²) < 4.78 is 5.24. The Labute approximate surface area is 146 Å². The van der Waals surface area contributed by atoms with Crippen LogP contribution in [0.2, 0.25) is 10.4 Å². The summed E-state index contributed by atoms with van der Waals surface area (Å²) in [5, 5.41) is 3.37. The lowest BCUT2D eigenvalue weighted by Gasteiger charge is -2.21. The predicted octanol–water partition coefficient (Wildman–Crippen LogP) is 3.13. The first-order valence-electron chi connectivity index (χ1n) is 7.59. The molecule has 1 amide bonds. The maximum atomic E-state index is 11.7. The van der Waals surface area contributed by atoms with Gasteiger partial charge in [0.15, 0.2) is 0 Å². The highest BCUT2D eigenvalue weighted by Crippen LogP contribution is 2.21. The van der Waals surface area contributed by atoms with Gasteiger partial charge in [-0.3, -0.25) is 4.90 Å². The summed E-state index contributed by atoms with van der Waals surface area (Å²) >= 11 is 11.8. The average Bonchev–Trinajstić information content (AvgIpc) is 2.85. The minimum atomic E-state index is -0.475. The summed E-state index contributed by atoms with van der Waals surface area (Å²) in [6, 6.07) is 0. The molecule has 1 atom stereocenters. The molecule has 0 radical (unpaired) electrons. The molecule has 6 nitrogen and oxygen atoms in total. The second-order valence-corrected chi connectivity index (χ2v) is 7.42. The Morgan fingerprint density at radius 3 is 2.87 bits per heavy atom. The maximum absolute atomic E-state index is 11.7. The molecule has 1 N–H and O–H groups in total. The van der Waals surface area contributed by atoms with E-state index < -0.39 is 5.60 Å². The third kappa shape index (κ3) is 6.12. The number of nitrogens with one attached hydrogen (secondary N) is 1. The van der Waals surface area contributed by atoms with Crippen LogP contribution in [0.15, 0.2) is 6.20 Å². The fourth-order valence-corrected chi connectivity index (χ4v) is 2.84. The number of amides is 1. The van der Waals surface area contributed by atoms with E-state index in [1.54, 1.807) is 6.20 Å². The van der Waals surface area contributed by atoms with Gasteiger partial charge in [-0.1, -0.05) is 11.6 Å². The van der Waals surface area contributed by atoms with Gasteiger partial charge in [-0.15, -0.1) is 0 Å². The molecule has 1 aromatic heterocycles. The van der Waals surface area contributed by atoms with Crippen molar-refractivity contribution in [3.05, 3.63) is 22.2 Å². The largest absolute Gasteiger partial charge is 0.444 e. The zero-order chi connectivity index (χ0) is 17.0. The molecule has 0 spiro atoms. The smallest absolute Gasteiger partial charge is 0.407 e. The van der Waals surface area contributed by atoms with Crippen LogP contribution in [0.5, 0.6) is 0 Å². The van der Waals surface area contributed by atoms with Crippen molar-refractivity contribution >= 4 is 29.3 Å². The van der Waals surface area contributed by atoms with E-state index in [2.05, 4.69) is 20.2 Å². The van der Waals surface area contributed by atoms with Crippen LogP contribution in [0.3, 0.4) is 0 Å². The van der Waals surface area contributed by atoms with Gasteiger partial charge >= 0.3 is 6.09 Å². The number of alkyl carbamates (subject to hydrolysis) is 1. The van der Waals surface area contributed by atoms with E-state index in [1.165, 1.54) is 0 Å². The molecule has 0 saturated carbocycles. The van der Waals surface area contributed by atoms with E-state index in [0.29, 0.717) is 24.2 Å². The fourth-order valence-electron chi connectivity index (χ4n) is 2.48. The van der Waals surface area contributed by atoms with Gasteiger partial charge in [0.2, 0.25) is 5.28 Å². The minimum absolute atomic E-state index is 0.152. The Hall–Kier alpha value is -1.11. The molecule has 0 aliphatic carbocycles. The first-order valence-corrected chi connectivity index (χ1v) is 8.34. The summed E-state index contributed by atoms with van der Waals surface area (Å²) in [4.78, 5) is 21.8. The molecular weight excluding hydrogens is 339 g/mol. The summed E-state index contributed by atoms with van der Waals surface area (Å²) in [5.74, 6) is 0.398. The van der Waals surface area contributed by atoms with E-state index in [1.807, 2.05) is 20.8 Å². The number of hydrogen-bond donors (Lipinski definition) is 1. The molecule has 1 fully saturated rings.